The van der Waals surface area contributed by atoms with E-state index in [2.05, 4.69) is 0 Å². The highest BCUT2D eigenvalue weighted by atomic mass is 19.1. The second kappa shape index (κ2) is 6.05. The van der Waals surface area contributed by atoms with Crippen LogP contribution in [0.2, 0.25) is 0 Å². The molecule has 0 unspecified atom stereocenters. The Bertz CT molecular complexity index is 611. The van der Waals surface area contributed by atoms with E-state index >= 15 is 0 Å². The molecule has 112 valence electrons. The van der Waals surface area contributed by atoms with Crippen LogP contribution in [0.25, 0.3) is 0 Å². The van der Waals surface area contributed by atoms with Crippen molar-refractivity contribution in [2.24, 2.45) is 0 Å². The van der Waals surface area contributed by atoms with E-state index < -0.39 is 29.3 Å². The fourth-order valence-electron chi connectivity index (χ4n) is 2.51. The SMILES string of the molecule is CC(=O)C1=C(O)C(=O)N(CCCO)[C@@H]1c1ccccc1F. The Morgan fingerprint density at radius 2 is 2.05 bits per heavy atom. The van der Waals surface area contributed by atoms with Crippen LogP contribution in [-0.2, 0) is 9.59 Å². The van der Waals surface area contributed by atoms with Crippen LogP contribution in [0.1, 0.15) is 24.9 Å². The fourth-order valence-corrected chi connectivity index (χ4v) is 2.51. The van der Waals surface area contributed by atoms with E-state index in [9.17, 15) is 19.1 Å². The Kier molecular flexibility index (Phi) is 4.37. The van der Waals surface area contributed by atoms with Gasteiger partial charge >= 0.3 is 0 Å². The van der Waals surface area contributed by atoms with Crippen molar-refractivity contribution in [3.63, 3.8) is 0 Å². The predicted octanol–water partition coefficient (Wildman–Crippen LogP) is 1.49. The molecule has 21 heavy (non-hydrogen) atoms. The lowest BCUT2D eigenvalue weighted by molar-refractivity contribution is -0.129. The van der Waals surface area contributed by atoms with E-state index in [4.69, 9.17) is 5.11 Å². The lowest BCUT2D eigenvalue weighted by atomic mass is 9.96. The number of carbonyl (C=O) groups is 2. The van der Waals surface area contributed by atoms with Crippen molar-refractivity contribution in [2.75, 3.05) is 13.2 Å². The largest absolute Gasteiger partial charge is 0.503 e. The summed E-state index contributed by atoms with van der Waals surface area (Å²) < 4.78 is 14.0. The second-order valence-electron chi connectivity index (χ2n) is 4.82. The number of hydrogen-bond donors (Lipinski definition) is 2. The molecular weight excluding hydrogens is 277 g/mol. The maximum atomic E-state index is 14.0. The van der Waals surface area contributed by atoms with E-state index in [0.29, 0.717) is 0 Å². The van der Waals surface area contributed by atoms with Crippen LogP contribution < -0.4 is 0 Å². The summed E-state index contributed by atoms with van der Waals surface area (Å²) in [5, 5.41) is 18.8. The van der Waals surface area contributed by atoms with Gasteiger partial charge in [-0.05, 0) is 19.4 Å². The lowest BCUT2D eigenvalue weighted by Crippen LogP contribution is -2.32. The number of hydrogen-bond acceptors (Lipinski definition) is 4. The van der Waals surface area contributed by atoms with E-state index in [1.165, 1.54) is 30.0 Å². The van der Waals surface area contributed by atoms with Gasteiger partial charge in [-0.25, -0.2) is 4.39 Å². The van der Waals surface area contributed by atoms with Crippen molar-refractivity contribution < 1.29 is 24.2 Å². The lowest BCUT2D eigenvalue weighted by Gasteiger charge is -2.26. The van der Waals surface area contributed by atoms with Crippen molar-refractivity contribution in [3.05, 3.63) is 47.0 Å². The Morgan fingerprint density at radius 1 is 1.38 bits per heavy atom. The van der Waals surface area contributed by atoms with Gasteiger partial charge in [0.1, 0.15) is 5.82 Å². The zero-order valence-electron chi connectivity index (χ0n) is 11.5. The molecule has 0 fully saturated rings. The molecule has 0 radical (unpaired) electrons. The van der Waals surface area contributed by atoms with Gasteiger partial charge in [0, 0.05) is 18.7 Å². The first-order valence-electron chi connectivity index (χ1n) is 6.59. The number of ketones is 1. The highest BCUT2D eigenvalue weighted by Crippen LogP contribution is 2.38. The zero-order chi connectivity index (χ0) is 15.6. The molecule has 1 aliphatic rings. The Labute approximate surface area is 121 Å². The summed E-state index contributed by atoms with van der Waals surface area (Å²) in [5.41, 5.74) is 0.0427. The maximum absolute atomic E-state index is 14.0. The van der Waals surface area contributed by atoms with E-state index in [-0.39, 0.29) is 30.7 Å². The first kappa shape index (κ1) is 15.2. The monoisotopic (exact) mass is 293 g/mol. The number of halogens is 1. The Hall–Kier alpha value is -2.21. The number of nitrogens with zero attached hydrogens (tertiary/aromatic N) is 1. The number of amides is 1. The highest BCUT2D eigenvalue weighted by Gasteiger charge is 2.42. The normalized spacial score (nSPS) is 18.5. The number of aliphatic hydroxyl groups is 2. The summed E-state index contributed by atoms with van der Waals surface area (Å²) in [6, 6.07) is 4.85. The van der Waals surface area contributed by atoms with Gasteiger partial charge in [0.2, 0.25) is 0 Å². The highest BCUT2D eigenvalue weighted by molar-refractivity contribution is 6.08. The van der Waals surface area contributed by atoms with E-state index in [1.807, 2.05) is 0 Å². The molecule has 2 rings (SSSR count). The van der Waals surface area contributed by atoms with Crippen LogP contribution >= 0.6 is 0 Å². The number of aliphatic hydroxyl groups excluding tert-OH is 2. The molecule has 1 aromatic carbocycles. The van der Waals surface area contributed by atoms with Crippen LogP contribution in [0, 0.1) is 5.82 Å². The molecule has 6 heteroatoms. The maximum Gasteiger partial charge on any atom is 0.290 e. The molecule has 1 heterocycles. The topological polar surface area (TPSA) is 77.8 Å². The molecule has 1 aliphatic heterocycles. The summed E-state index contributed by atoms with van der Waals surface area (Å²) >= 11 is 0. The van der Waals surface area contributed by atoms with Gasteiger partial charge in [0.05, 0.1) is 11.6 Å². The molecule has 0 saturated carbocycles. The molecule has 0 bridgehead atoms. The van der Waals surface area contributed by atoms with Gasteiger partial charge in [-0.3, -0.25) is 9.59 Å². The smallest absolute Gasteiger partial charge is 0.290 e. The van der Waals surface area contributed by atoms with Crippen LogP contribution in [0.15, 0.2) is 35.6 Å². The Balaban J connectivity index is 2.52. The Morgan fingerprint density at radius 3 is 2.62 bits per heavy atom. The molecule has 1 atom stereocenters. The number of rotatable bonds is 5. The molecule has 1 aromatic rings. The van der Waals surface area contributed by atoms with E-state index in [0.717, 1.165) is 0 Å². The van der Waals surface area contributed by atoms with E-state index in [1.54, 1.807) is 6.07 Å². The molecule has 2 N–H and O–H groups in total. The second-order valence-corrected chi connectivity index (χ2v) is 4.82. The van der Waals surface area contributed by atoms with Crippen LogP contribution in [0.4, 0.5) is 4.39 Å². The predicted molar refractivity (Wildman–Crippen MR) is 72.9 cm³/mol. The van der Waals surface area contributed by atoms with Gasteiger partial charge in [-0.1, -0.05) is 18.2 Å². The van der Waals surface area contributed by atoms with Crippen molar-refractivity contribution in [2.45, 2.75) is 19.4 Å². The number of Topliss-reactive ketones (excluding diaryl/α,β-unsaturated/α-hetero) is 1. The van der Waals surface area contributed by atoms with Crippen molar-refractivity contribution in [3.8, 4) is 0 Å². The van der Waals surface area contributed by atoms with Gasteiger partial charge in [0.15, 0.2) is 11.5 Å². The summed E-state index contributed by atoms with van der Waals surface area (Å²) in [6.45, 7) is 1.20. The third-order valence-electron chi connectivity index (χ3n) is 3.44. The standard InChI is InChI=1S/C15H16FNO4/c1-9(19)12-13(10-5-2-3-6-11(10)16)17(7-4-8-18)15(21)14(12)20/h2-3,5-6,13,18,20H,4,7-8H2,1H3/t13-/m1/s1. The van der Waals surface area contributed by atoms with Crippen molar-refractivity contribution in [1.82, 2.24) is 4.90 Å². The minimum atomic E-state index is -0.956. The van der Waals surface area contributed by atoms with Gasteiger partial charge in [-0.2, -0.15) is 0 Å². The number of benzene rings is 1. The average molecular weight is 293 g/mol. The van der Waals surface area contributed by atoms with Gasteiger partial charge in [-0.15, -0.1) is 0 Å². The minimum absolute atomic E-state index is 0.108. The fraction of sp³-hybridized carbons (Fsp3) is 0.333. The summed E-state index contributed by atoms with van der Waals surface area (Å²) in [5.74, 6) is -2.41. The number of carbonyl (C=O) groups excluding carboxylic acids is 2. The first-order valence-corrected chi connectivity index (χ1v) is 6.59. The quantitative estimate of drug-likeness (QED) is 0.862. The van der Waals surface area contributed by atoms with Gasteiger partial charge < -0.3 is 15.1 Å². The van der Waals surface area contributed by atoms with Crippen molar-refractivity contribution >= 4 is 11.7 Å². The van der Waals surface area contributed by atoms with Gasteiger partial charge in [0.25, 0.3) is 5.91 Å². The summed E-state index contributed by atoms with van der Waals surface area (Å²) in [6.07, 6.45) is 0.273. The minimum Gasteiger partial charge on any atom is -0.503 e. The molecule has 0 saturated heterocycles. The third-order valence-corrected chi connectivity index (χ3v) is 3.44. The molecule has 0 aromatic heterocycles. The van der Waals surface area contributed by atoms with Crippen LogP contribution in [0.5, 0.6) is 0 Å². The molecule has 0 aliphatic carbocycles. The molecule has 0 spiro atoms. The third kappa shape index (κ3) is 2.67. The van der Waals surface area contributed by atoms with Crippen LogP contribution in [-0.4, -0.2) is 40.0 Å². The average Bonchev–Trinajstić information content (AvgIpc) is 2.69. The van der Waals surface area contributed by atoms with Crippen LogP contribution in [0.3, 0.4) is 0 Å². The first-order chi connectivity index (χ1) is 9.99. The summed E-state index contributed by atoms with van der Waals surface area (Å²) in [7, 11) is 0. The molecule has 1 amide bonds. The molecular formula is C15H16FNO4. The summed E-state index contributed by atoms with van der Waals surface area (Å²) in [4.78, 5) is 25.0. The molecule has 5 nitrogen and oxygen atoms in total. The van der Waals surface area contributed by atoms with Crippen molar-refractivity contribution in [1.29, 1.82) is 0 Å². The zero-order valence-corrected chi connectivity index (χ0v) is 11.5.